The van der Waals surface area contributed by atoms with Crippen LogP contribution in [0.2, 0.25) is 0 Å². The normalized spacial score (nSPS) is 12.3. The van der Waals surface area contributed by atoms with Gasteiger partial charge in [-0.1, -0.05) is 0 Å². The van der Waals surface area contributed by atoms with Crippen LogP contribution in [-0.4, -0.2) is 58.2 Å². The molecule has 0 radical (unpaired) electrons. The van der Waals surface area contributed by atoms with Crippen molar-refractivity contribution in [3.05, 3.63) is 83.5 Å². The summed E-state index contributed by atoms with van der Waals surface area (Å²) < 4.78 is 161. The second-order valence-electron chi connectivity index (χ2n) is 10.1. The van der Waals surface area contributed by atoms with Crippen LogP contribution in [0.4, 0.5) is 52.7 Å². The van der Waals surface area contributed by atoms with Crippen molar-refractivity contribution in [1.82, 2.24) is 29.5 Å². The number of rotatable bonds is 7. The van der Waals surface area contributed by atoms with Gasteiger partial charge in [0, 0.05) is 35.7 Å². The topological polar surface area (TPSA) is 155 Å². The van der Waals surface area contributed by atoms with Crippen molar-refractivity contribution in [3.63, 3.8) is 0 Å². The van der Waals surface area contributed by atoms with E-state index in [4.69, 9.17) is 9.84 Å². The molecule has 0 fully saturated rings. The fraction of sp³-hybridized carbons (Fsp3) is 0.241. The Balaban J connectivity index is 0.000000514. The molecule has 0 saturated carbocycles. The predicted octanol–water partition coefficient (Wildman–Crippen LogP) is 4.77. The zero-order valence-corrected chi connectivity index (χ0v) is 26.8. The minimum Gasteiger partial charge on any atom is -0.870 e. The molecule has 2 N–H and O–H groups in total. The molecule has 2 aromatic heterocycles. The molecule has 0 unspecified atom stereocenters. The second kappa shape index (κ2) is 17.6. The summed E-state index contributed by atoms with van der Waals surface area (Å²) in [6.45, 7) is 3.26. The third kappa shape index (κ3) is 13.7. The molecule has 53 heavy (non-hydrogen) atoms. The number of aromatic nitrogens is 6. The Morgan fingerprint density at radius 2 is 0.962 bits per heavy atom. The van der Waals surface area contributed by atoms with Gasteiger partial charge in [-0.2, -0.15) is 52.7 Å². The fourth-order valence-electron chi connectivity index (χ4n) is 3.67. The van der Waals surface area contributed by atoms with E-state index < -0.39 is 75.8 Å². The maximum atomic E-state index is 12.9. The van der Waals surface area contributed by atoms with Gasteiger partial charge in [0.05, 0.1) is 28.4 Å². The number of carbonyl (C=O) groups is 2. The molecule has 0 saturated heterocycles. The number of hydrogen-bond acceptors (Lipinski definition) is 8. The molecule has 0 bridgehead atoms. The van der Waals surface area contributed by atoms with E-state index in [9.17, 15) is 62.3 Å². The van der Waals surface area contributed by atoms with Crippen molar-refractivity contribution in [2.75, 3.05) is 0 Å². The molecular weight excluding hydrogens is 747 g/mol. The van der Waals surface area contributed by atoms with Crippen LogP contribution in [-0.2, 0) is 39.0 Å². The van der Waals surface area contributed by atoms with Crippen LogP contribution in [0.5, 0.6) is 0 Å². The standard InChI is InChI=1S/C16H13F6N3O2.C13H7F6N3O2.Li.H2O/c1-9(2)27-13(26)3-4-25-8-23-14(24-25)10-5-11(15(17,18)19)7-12(6-10)16(20,21)22;14-12(15,16)8-3-7(4-9(5-8)13(17,18)19)11-20-6-22(21-11)2-1-10(23)24;;/h3-9H,1-2H3;1-6H,(H,23,24);;1H2/q;;+1;/p-1/b4-3+;2-1+;;. The van der Waals surface area contributed by atoms with Gasteiger partial charge in [0.25, 0.3) is 0 Å². The Labute approximate surface area is 301 Å². The molecular formula is C29H21F12LiN6O5. The Kier molecular flexibility index (Phi) is 15.2. The number of halogens is 12. The average Bonchev–Trinajstić information content (AvgIpc) is 3.67. The van der Waals surface area contributed by atoms with Crippen LogP contribution in [0.1, 0.15) is 36.1 Å². The average molecular weight is 768 g/mol. The molecule has 0 aliphatic carbocycles. The van der Waals surface area contributed by atoms with Crippen molar-refractivity contribution < 1.29 is 96.5 Å². The maximum Gasteiger partial charge on any atom is 1.00 e. The van der Waals surface area contributed by atoms with Gasteiger partial charge in [0.15, 0.2) is 11.6 Å². The number of hydrogen-bond donors (Lipinski definition) is 1. The first kappa shape index (κ1) is 45.9. The van der Waals surface area contributed by atoms with Gasteiger partial charge in [0.2, 0.25) is 0 Å². The minimum atomic E-state index is -4.98. The van der Waals surface area contributed by atoms with Gasteiger partial charge in [-0.3, -0.25) is 0 Å². The van der Waals surface area contributed by atoms with Crippen LogP contribution in [0.25, 0.3) is 35.2 Å². The first-order valence-corrected chi connectivity index (χ1v) is 13.5. The Morgan fingerprint density at radius 3 is 1.25 bits per heavy atom. The first-order chi connectivity index (χ1) is 23.3. The molecule has 0 aliphatic heterocycles. The van der Waals surface area contributed by atoms with Gasteiger partial charge >= 0.3 is 55.5 Å². The molecule has 2 aromatic carbocycles. The first-order valence-electron chi connectivity index (χ1n) is 13.5. The fourth-order valence-corrected chi connectivity index (χ4v) is 3.67. The number of alkyl halides is 12. The largest absolute Gasteiger partial charge is 1.00 e. The summed E-state index contributed by atoms with van der Waals surface area (Å²) in [5, 5.41) is 15.8. The molecule has 0 spiro atoms. The smallest absolute Gasteiger partial charge is 0.870 e. The van der Waals surface area contributed by atoms with Gasteiger partial charge < -0.3 is 15.3 Å². The summed E-state index contributed by atoms with van der Waals surface area (Å²) in [7, 11) is 0. The number of aliphatic carboxylic acids is 1. The van der Waals surface area contributed by atoms with Crippen molar-refractivity contribution in [1.29, 1.82) is 0 Å². The monoisotopic (exact) mass is 768 g/mol. The molecule has 0 amide bonds. The van der Waals surface area contributed by atoms with Crippen molar-refractivity contribution in [2.45, 2.75) is 44.7 Å². The molecule has 11 nitrogen and oxygen atoms in total. The second-order valence-corrected chi connectivity index (χ2v) is 10.1. The van der Waals surface area contributed by atoms with E-state index in [-0.39, 0.29) is 48.4 Å². The van der Waals surface area contributed by atoms with E-state index in [1.807, 2.05) is 0 Å². The summed E-state index contributed by atoms with van der Waals surface area (Å²) in [4.78, 5) is 29.0. The molecule has 0 atom stereocenters. The van der Waals surface area contributed by atoms with Crippen LogP contribution < -0.4 is 18.9 Å². The zero-order valence-electron chi connectivity index (χ0n) is 26.8. The van der Waals surface area contributed by atoms with Crippen LogP contribution in [0, 0.1) is 0 Å². The number of carbonyl (C=O) groups excluding carboxylic acids is 1. The van der Waals surface area contributed by atoms with Crippen LogP contribution in [0.3, 0.4) is 0 Å². The summed E-state index contributed by atoms with van der Waals surface area (Å²) in [5.74, 6) is -2.79. The Morgan fingerprint density at radius 1 is 0.642 bits per heavy atom. The quantitative estimate of drug-likeness (QED) is 0.121. The van der Waals surface area contributed by atoms with E-state index in [1.54, 1.807) is 13.8 Å². The molecule has 4 rings (SSSR count). The molecule has 4 aromatic rings. The van der Waals surface area contributed by atoms with E-state index in [1.165, 1.54) is 0 Å². The third-order valence-electron chi connectivity index (χ3n) is 5.79. The van der Waals surface area contributed by atoms with Gasteiger partial charge in [-0.25, -0.2) is 28.9 Å². The van der Waals surface area contributed by atoms with E-state index in [2.05, 4.69) is 20.2 Å². The maximum absolute atomic E-state index is 12.9. The number of benzene rings is 2. The zero-order chi connectivity index (χ0) is 38.5. The minimum absolute atomic E-state index is 0. The number of esters is 1. The number of nitrogens with zero attached hydrogens (tertiary/aromatic N) is 6. The van der Waals surface area contributed by atoms with Crippen molar-refractivity contribution in [2.24, 2.45) is 0 Å². The summed E-state index contributed by atoms with van der Waals surface area (Å²) in [5.41, 5.74) is -6.90. The van der Waals surface area contributed by atoms with Gasteiger partial charge in [-0.15, -0.1) is 10.2 Å². The van der Waals surface area contributed by atoms with Crippen molar-refractivity contribution >= 4 is 24.3 Å². The number of carboxylic acid groups (broad SMARTS) is 1. The summed E-state index contributed by atoms with van der Waals surface area (Å²) in [6, 6.07) is 2.01. The predicted molar refractivity (Wildman–Crippen MR) is 152 cm³/mol. The van der Waals surface area contributed by atoms with E-state index in [0.717, 1.165) is 40.5 Å². The molecule has 0 aliphatic rings. The van der Waals surface area contributed by atoms with Crippen LogP contribution >= 0.6 is 0 Å². The third-order valence-corrected chi connectivity index (χ3v) is 5.79. The Hall–Kier alpha value is -5.14. The number of ether oxygens (including phenoxy) is 1. The van der Waals surface area contributed by atoms with E-state index >= 15 is 0 Å². The number of carboxylic acids is 1. The molecule has 24 heteroatoms. The summed E-state index contributed by atoms with van der Waals surface area (Å²) in [6.07, 6.45) is -14.6. The van der Waals surface area contributed by atoms with Gasteiger partial charge in [0.1, 0.15) is 12.7 Å². The Bertz CT molecular complexity index is 1870. The van der Waals surface area contributed by atoms with Crippen molar-refractivity contribution in [3.8, 4) is 22.8 Å². The van der Waals surface area contributed by atoms with Gasteiger partial charge in [-0.05, 0) is 50.2 Å². The molecule has 2 heterocycles. The summed E-state index contributed by atoms with van der Waals surface area (Å²) >= 11 is 0. The molecule has 282 valence electrons. The van der Waals surface area contributed by atoms with E-state index in [0.29, 0.717) is 30.3 Å². The van der Waals surface area contributed by atoms with Crippen LogP contribution in [0.15, 0.2) is 61.2 Å². The SMILES string of the molecule is CC(C)OC(=O)/C=C/n1cnc(-c2cc(C(F)(F)F)cc(C(F)(F)F)c2)n1.O=C(O)/C=C/n1cnc(-c2cc(C(F)(F)F)cc(C(F)(F)F)c2)n1.[Li+].[OH-].